The monoisotopic (exact) mass is 136 g/mol. The van der Waals surface area contributed by atoms with Crippen molar-refractivity contribution in [2.24, 2.45) is 0 Å². The fourth-order valence-electron chi connectivity index (χ4n) is 0. The average Bonchev–Trinajstić information content (AvgIpc) is 0. The van der Waals surface area contributed by atoms with Crippen molar-refractivity contribution in [3.63, 3.8) is 0 Å². The molecule has 0 bridgehead atoms. The van der Waals surface area contributed by atoms with Gasteiger partial charge in [0.1, 0.15) is 0 Å². The van der Waals surface area contributed by atoms with Crippen LogP contribution in [-0.4, -0.2) is 40.4 Å². The van der Waals surface area contributed by atoms with Crippen molar-refractivity contribution in [2.75, 3.05) is 0 Å². The van der Waals surface area contributed by atoms with Crippen LogP contribution in [0.25, 0.3) is 0 Å². The number of hydrogen-bond donors (Lipinski definition) is 0. The summed E-state index contributed by atoms with van der Waals surface area (Å²) in [4.78, 5) is 0. The first-order valence-corrected chi connectivity index (χ1v) is 0. The van der Waals surface area contributed by atoms with E-state index in [0.717, 1.165) is 0 Å². The van der Waals surface area contributed by atoms with Crippen molar-refractivity contribution in [1.29, 1.82) is 0 Å². The van der Waals surface area contributed by atoms with E-state index in [1.54, 1.807) is 0 Å². The van der Waals surface area contributed by atoms with Crippen molar-refractivity contribution in [3.8, 4) is 0 Å². The summed E-state index contributed by atoms with van der Waals surface area (Å²) in [6.07, 6.45) is 0. The van der Waals surface area contributed by atoms with E-state index in [0.29, 0.717) is 0 Å². The van der Waals surface area contributed by atoms with Crippen LogP contribution >= 0.6 is 0 Å². The summed E-state index contributed by atoms with van der Waals surface area (Å²) < 4.78 is 0. The SMILES string of the molecule is [AlH3].[MgH2].[O-2].[O-2].[Ti+4]. The average molecular weight is 136 g/mol. The van der Waals surface area contributed by atoms with Crippen LogP contribution in [0.4, 0.5) is 0 Å². The quantitative estimate of drug-likeness (QED) is 0.335. The second-order valence-corrected chi connectivity index (χ2v) is 0. The zero-order valence-electron chi connectivity index (χ0n) is 1.32. The van der Waals surface area contributed by atoms with Gasteiger partial charge in [-0.2, -0.15) is 0 Å². The van der Waals surface area contributed by atoms with Crippen LogP contribution < -0.4 is 0 Å². The van der Waals surface area contributed by atoms with E-state index >= 15 is 0 Å². The molecule has 5 heteroatoms. The Morgan fingerprint density at radius 3 is 0.800 bits per heavy atom. The Labute approximate surface area is 72.5 Å². The smallest absolute Gasteiger partial charge is 2.00 e. The van der Waals surface area contributed by atoms with Gasteiger partial charge < -0.3 is 11.0 Å². The zero-order chi connectivity index (χ0) is 0. The molecule has 0 aliphatic rings. The minimum absolute atomic E-state index is 0. The molecule has 0 heterocycles. The molecule has 5 heavy (non-hydrogen) atoms. The van der Waals surface area contributed by atoms with Crippen molar-refractivity contribution < 1.29 is 32.7 Å². The molecule has 0 atom stereocenters. The Morgan fingerprint density at radius 2 is 0.800 bits per heavy atom. The molecule has 0 saturated carbocycles. The molecule has 0 aromatic heterocycles. The van der Waals surface area contributed by atoms with Gasteiger partial charge in [0.15, 0.2) is 17.4 Å². The standard InChI is InChI=1S/Al.Mg.2O.Ti.5H/q;;2*-2;+4;;;;;. The van der Waals surface area contributed by atoms with Gasteiger partial charge in [-0.25, -0.2) is 0 Å². The Morgan fingerprint density at radius 1 is 0.800 bits per heavy atom. The van der Waals surface area contributed by atoms with Crippen molar-refractivity contribution in [1.82, 2.24) is 0 Å². The molecule has 0 aromatic rings. The van der Waals surface area contributed by atoms with E-state index in [1.807, 2.05) is 0 Å². The molecule has 0 aromatic carbocycles. The minimum atomic E-state index is 0. The number of hydrogen-bond acceptors (Lipinski definition) is 0. The molecule has 0 saturated heterocycles. The van der Waals surface area contributed by atoms with Crippen LogP contribution in [0.15, 0.2) is 0 Å². The Hall–Kier alpha value is 1.93. The van der Waals surface area contributed by atoms with Crippen molar-refractivity contribution in [3.05, 3.63) is 0 Å². The molecular weight excluding hydrogens is 131 g/mol. The van der Waals surface area contributed by atoms with E-state index in [-0.39, 0.29) is 73.1 Å². The maximum Gasteiger partial charge on any atom is 4.00 e. The molecule has 0 N–H and O–H groups in total. The largest absolute Gasteiger partial charge is 4.00 e. The summed E-state index contributed by atoms with van der Waals surface area (Å²) in [6, 6.07) is 0. The van der Waals surface area contributed by atoms with Crippen LogP contribution in [0.1, 0.15) is 0 Å². The molecule has 2 nitrogen and oxygen atoms in total. The summed E-state index contributed by atoms with van der Waals surface area (Å²) in [5, 5.41) is 0. The Balaban J connectivity index is 0. The predicted octanol–water partition coefficient (Wildman–Crippen LogP) is -2.34. The van der Waals surface area contributed by atoms with Gasteiger partial charge in [0, 0.05) is 0 Å². The molecule has 0 rings (SSSR count). The molecule has 0 aliphatic heterocycles. The fraction of sp³-hybridized carbons (Fsp3) is 0. The summed E-state index contributed by atoms with van der Waals surface area (Å²) in [7, 11) is 0. The third-order valence-electron chi connectivity index (χ3n) is 0. The summed E-state index contributed by atoms with van der Waals surface area (Å²) in [5.74, 6) is 0. The van der Waals surface area contributed by atoms with E-state index in [4.69, 9.17) is 0 Å². The third kappa shape index (κ3) is 24.6. The molecule has 0 amide bonds. The first-order chi connectivity index (χ1) is 0. The van der Waals surface area contributed by atoms with Crippen LogP contribution in [0.2, 0.25) is 0 Å². The Kier molecular flexibility index (Phi) is 505. The topological polar surface area (TPSA) is 57.0 Å². The van der Waals surface area contributed by atoms with Crippen molar-refractivity contribution in [2.45, 2.75) is 0 Å². The first-order valence-electron chi connectivity index (χ1n) is 0. The van der Waals surface area contributed by atoms with Gasteiger partial charge in [-0.3, -0.25) is 0 Å². The maximum atomic E-state index is 0. The molecular formula is H5AlMgO2Ti. The van der Waals surface area contributed by atoms with Crippen LogP contribution in [-0.2, 0) is 32.7 Å². The molecule has 0 aliphatic carbocycles. The molecule has 0 radical (unpaired) electrons. The second-order valence-electron chi connectivity index (χ2n) is 0. The van der Waals surface area contributed by atoms with E-state index < -0.39 is 0 Å². The predicted molar refractivity (Wildman–Crippen MR) is 19.9 cm³/mol. The Bertz CT molecular complexity index is 9.61. The molecule has 26 valence electrons. The second kappa shape index (κ2) is 38.6. The van der Waals surface area contributed by atoms with Gasteiger partial charge in [-0.05, 0) is 0 Å². The van der Waals surface area contributed by atoms with Gasteiger partial charge >= 0.3 is 44.8 Å². The maximum absolute atomic E-state index is 0. The fourth-order valence-corrected chi connectivity index (χ4v) is 0. The zero-order valence-corrected chi connectivity index (χ0v) is 2.88. The third-order valence-corrected chi connectivity index (χ3v) is 0. The molecule has 0 fully saturated rings. The first kappa shape index (κ1) is 65.3. The summed E-state index contributed by atoms with van der Waals surface area (Å²) >= 11 is 0. The van der Waals surface area contributed by atoms with E-state index in [9.17, 15) is 0 Å². The summed E-state index contributed by atoms with van der Waals surface area (Å²) in [5.41, 5.74) is 0. The minimum Gasteiger partial charge on any atom is -2.00 e. The van der Waals surface area contributed by atoms with Crippen LogP contribution in [0.3, 0.4) is 0 Å². The number of rotatable bonds is 0. The van der Waals surface area contributed by atoms with Crippen molar-refractivity contribution >= 4 is 40.4 Å². The van der Waals surface area contributed by atoms with Crippen LogP contribution in [0.5, 0.6) is 0 Å². The molecule has 0 spiro atoms. The van der Waals surface area contributed by atoms with Gasteiger partial charge in [0.2, 0.25) is 0 Å². The van der Waals surface area contributed by atoms with Gasteiger partial charge in [0.25, 0.3) is 0 Å². The van der Waals surface area contributed by atoms with Crippen LogP contribution in [0, 0.1) is 0 Å². The van der Waals surface area contributed by atoms with E-state index in [2.05, 4.69) is 0 Å². The summed E-state index contributed by atoms with van der Waals surface area (Å²) in [6.45, 7) is 0. The van der Waals surface area contributed by atoms with Gasteiger partial charge in [0.05, 0.1) is 0 Å². The van der Waals surface area contributed by atoms with Gasteiger partial charge in [-0.1, -0.05) is 0 Å². The van der Waals surface area contributed by atoms with E-state index in [1.165, 1.54) is 0 Å². The van der Waals surface area contributed by atoms with Gasteiger partial charge in [-0.15, -0.1) is 0 Å². The molecule has 0 unspecified atom stereocenters. The normalized spacial score (nSPS) is 0.